The smallest absolute Gasteiger partial charge is 0.123 e. The molecule has 2 N–H and O–H groups in total. The van der Waals surface area contributed by atoms with Gasteiger partial charge in [-0.25, -0.2) is 0 Å². The molecular weight excluding hydrogens is 238 g/mol. The summed E-state index contributed by atoms with van der Waals surface area (Å²) in [5.41, 5.74) is 2.50. The van der Waals surface area contributed by atoms with Gasteiger partial charge in [0.05, 0.1) is 0 Å². The zero-order chi connectivity index (χ0) is 14.0. The number of hydrogen-bond acceptors (Lipinski definition) is 3. The number of rotatable bonds is 5. The maximum atomic E-state index is 9.13. The summed E-state index contributed by atoms with van der Waals surface area (Å²) in [6, 6.07) is 6.73. The Kier molecular flexibility index (Phi) is 4.16. The Balaban J connectivity index is 1.97. The Bertz CT molecular complexity index is 442. The van der Waals surface area contributed by atoms with Crippen LogP contribution in [-0.2, 0) is 13.0 Å². The summed E-state index contributed by atoms with van der Waals surface area (Å²) in [7, 11) is 0. The molecule has 1 aromatic rings. The average molecular weight is 263 g/mol. The van der Waals surface area contributed by atoms with Crippen LogP contribution in [0.2, 0.25) is 0 Å². The molecule has 2 unspecified atom stereocenters. The Hall–Kier alpha value is -1.06. The van der Waals surface area contributed by atoms with Gasteiger partial charge >= 0.3 is 0 Å². The number of fused-ring (bicyclic) bond motifs is 1. The average Bonchev–Trinajstić information content (AvgIpc) is 2.67. The van der Waals surface area contributed by atoms with E-state index < -0.39 is 0 Å². The van der Waals surface area contributed by atoms with E-state index in [1.165, 1.54) is 11.1 Å². The van der Waals surface area contributed by atoms with Crippen LogP contribution in [-0.4, -0.2) is 23.4 Å². The Morgan fingerprint density at radius 3 is 2.79 bits per heavy atom. The van der Waals surface area contributed by atoms with E-state index in [0.717, 1.165) is 18.7 Å². The van der Waals surface area contributed by atoms with Gasteiger partial charge < -0.3 is 15.2 Å². The number of ether oxygens (including phenoxy) is 1. The van der Waals surface area contributed by atoms with E-state index in [1.54, 1.807) is 0 Å². The largest absolute Gasteiger partial charge is 0.487 e. The number of aliphatic hydroxyl groups is 1. The zero-order valence-corrected chi connectivity index (χ0v) is 12.4. The molecule has 0 amide bonds. The fraction of sp³-hybridized carbons (Fsp3) is 0.625. The first-order valence-corrected chi connectivity index (χ1v) is 7.06. The Morgan fingerprint density at radius 2 is 2.11 bits per heavy atom. The summed E-state index contributed by atoms with van der Waals surface area (Å²) in [5.74, 6) is 1.29. The highest BCUT2D eigenvalue weighted by atomic mass is 16.5. The monoisotopic (exact) mass is 263 g/mol. The zero-order valence-electron chi connectivity index (χ0n) is 12.4. The molecule has 0 radical (unpaired) electrons. The fourth-order valence-electron chi connectivity index (χ4n) is 2.41. The second-order valence-electron chi connectivity index (χ2n) is 6.31. The van der Waals surface area contributed by atoms with Crippen LogP contribution < -0.4 is 10.1 Å². The molecule has 3 nitrogen and oxygen atoms in total. The normalized spacial score (nSPS) is 19.6. The van der Waals surface area contributed by atoms with Crippen molar-refractivity contribution in [2.24, 2.45) is 5.92 Å². The second kappa shape index (κ2) is 5.51. The van der Waals surface area contributed by atoms with Crippen molar-refractivity contribution >= 4 is 0 Å². The van der Waals surface area contributed by atoms with Crippen LogP contribution in [0.1, 0.15) is 38.8 Å². The SMILES string of the molecule is CC(CO)C(C)NCc1ccc2c(c1)CC(C)(C)O2. The van der Waals surface area contributed by atoms with Crippen LogP contribution in [0.3, 0.4) is 0 Å². The second-order valence-corrected chi connectivity index (χ2v) is 6.31. The first-order valence-electron chi connectivity index (χ1n) is 7.06. The molecule has 0 fully saturated rings. The topological polar surface area (TPSA) is 41.5 Å². The van der Waals surface area contributed by atoms with Crippen molar-refractivity contribution in [1.82, 2.24) is 5.32 Å². The van der Waals surface area contributed by atoms with Crippen LogP contribution >= 0.6 is 0 Å². The molecular formula is C16H25NO2. The molecule has 2 atom stereocenters. The van der Waals surface area contributed by atoms with E-state index in [0.29, 0.717) is 6.04 Å². The summed E-state index contributed by atoms with van der Waals surface area (Å²) < 4.78 is 5.88. The van der Waals surface area contributed by atoms with E-state index in [2.05, 4.69) is 51.2 Å². The van der Waals surface area contributed by atoms with Gasteiger partial charge in [-0.05, 0) is 43.9 Å². The molecule has 1 aliphatic rings. The Morgan fingerprint density at radius 1 is 1.37 bits per heavy atom. The van der Waals surface area contributed by atoms with Crippen LogP contribution in [0.4, 0.5) is 0 Å². The van der Waals surface area contributed by atoms with Crippen molar-refractivity contribution in [1.29, 1.82) is 0 Å². The number of nitrogens with one attached hydrogen (secondary N) is 1. The summed E-state index contributed by atoms with van der Waals surface area (Å²) in [6.07, 6.45) is 0.971. The van der Waals surface area contributed by atoms with Gasteiger partial charge in [0.15, 0.2) is 0 Å². The molecule has 0 saturated heterocycles. The quantitative estimate of drug-likeness (QED) is 0.857. The third-order valence-electron chi connectivity index (χ3n) is 3.90. The predicted octanol–water partition coefficient (Wildman–Crippen LogP) is 2.51. The molecule has 0 saturated carbocycles. The highest BCUT2D eigenvalue weighted by molar-refractivity contribution is 5.41. The molecule has 0 aromatic heterocycles. The first-order chi connectivity index (χ1) is 8.91. The first kappa shape index (κ1) is 14.4. The number of aliphatic hydroxyl groups excluding tert-OH is 1. The van der Waals surface area contributed by atoms with Crippen molar-refractivity contribution in [2.45, 2.75) is 52.3 Å². The molecule has 2 rings (SSSR count). The third kappa shape index (κ3) is 3.48. The molecule has 0 spiro atoms. The van der Waals surface area contributed by atoms with Gasteiger partial charge in [0.1, 0.15) is 11.4 Å². The van der Waals surface area contributed by atoms with E-state index in [9.17, 15) is 0 Å². The van der Waals surface area contributed by atoms with Crippen molar-refractivity contribution < 1.29 is 9.84 Å². The molecule has 1 aliphatic heterocycles. The molecule has 106 valence electrons. The maximum Gasteiger partial charge on any atom is 0.123 e. The van der Waals surface area contributed by atoms with E-state index >= 15 is 0 Å². The van der Waals surface area contributed by atoms with Crippen molar-refractivity contribution in [3.8, 4) is 5.75 Å². The fourth-order valence-corrected chi connectivity index (χ4v) is 2.41. The van der Waals surface area contributed by atoms with Gasteiger partial charge in [0.2, 0.25) is 0 Å². The lowest BCUT2D eigenvalue weighted by molar-refractivity contribution is 0.138. The molecule has 1 heterocycles. The minimum Gasteiger partial charge on any atom is -0.487 e. The van der Waals surface area contributed by atoms with Crippen molar-refractivity contribution in [3.63, 3.8) is 0 Å². The molecule has 19 heavy (non-hydrogen) atoms. The number of benzene rings is 1. The van der Waals surface area contributed by atoms with Crippen LogP contribution in [0.25, 0.3) is 0 Å². The van der Waals surface area contributed by atoms with Gasteiger partial charge in [-0.1, -0.05) is 19.1 Å². The van der Waals surface area contributed by atoms with E-state index in [-0.39, 0.29) is 18.1 Å². The summed E-state index contributed by atoms with van der Waals surface area (Å²) in [5, 5.41) is 12.6. The number of hydrogen-bond donors (Lipinski definition) is 2. The lowest BCUT2D eigenvalue weighted by Gasteiger charge is -2.19. The van der Waals surface area contributed by atoms with Crippen LogP contribution in [0, 0.1) is 5.92 Å². The summed E-state index contributed by atoms with van der Waals surface area (Å²) in [6.45, 7) is 9.46. The molecule has 3 heteroatoms. The minimum absolute atomic E-state index is 0.0763. The highest BCUT2D eigenvalue weighted by Crippen LogP contribution is 2.35. The molecule has 0 bridgehead atoms. The van der Waals surface area contributed by atoms with E-state index in [1.807, 2.05) is 0 Å². The Labute approximate surface area is 116 Å². The van der Waals surface area contributed by atoms with Crippen molar-refractivity contribution in [2.75, 3.05) is 6.61 Å². The van der Waals surface area contributed by atoms with E-state index in [4.69, 9.17) is 9.84 Å². The lowest BCUT2D eigenvalue weighted by atomic mass is 10.00. The van der Waals surface area contributed by atoms with Crippen molar-refractivity contribution in [3.05, 3.63) is 29.3 Å². The van der Waals surface area contributed by atoms with Crippen LogP contribution in [0.5, 0.6) is 5.75 Å². The molecule has 1 aromatic carbocycles. The summed E-state index contributed by atoms with van der Waals surface area (Å²) in [4.78, 5) is 0. The van der Waals surface area contributed by atoms with Crippen LogP contribution in [0.15, 0.2) is 18.2 Å². The van der Waals surface area contributed by atoms with Gasteiger partial charge in [-0.2, -0.15) is 0 Å². The minimum atomic E-state index is -0.0763. The summed E-state index contributed by atoms with van der Waals surface area (Å²) >= 11 is 0. The standard InChI is InChI=1S/C16H25NO2/c1-11(10-18)12(2)17-9-13-5-6-15-14(7-13)8-16(3,4)19-15/h5-7,11-12,17-18H,8-10H2,1-4H3. The van der Waals surface area contributed by atoms with Gasteiger partial charge in [-0.3, -0.25) is 0 Å². The highest BCUT2D eigenvalue weighted by Gasteiger charge is 2.29. The lowest BCUT2D eigenvalue weighted by Crippen LogP contribution is -2.33. The van der Waals surface area contributed by atoms with Gasteiger partial charge in [0.25, 0.3) is 0 Å². The van der Waals surface area contributed by atoms with Gasteiger partial charge in [-0.15, -0.1) is 0 Å². The third-order valence-corrected chi connectivity index (χ3v) is 3.90. The molecule has 0 aliphatic carbocycles. The predicted molar refractivity (Wildman–Crippen MR) is 77.4 cm³/mol. The van der Waals surface area contributed by atoms with Gasteiger partial charge in [0, 0.05) is 25.6 Å². The maximum absolute atomic E-state index is 9.13.